The summed E-state index contributed by atoms with van der Waals surface area (Å²) >= 11 is 11.9. The van der Waals surface area contributed by atoms with E-state index in [4.69, 9.17) is 28.5 Å². The lowest BCUT2D eigenvalue weighted by Crippen LogP contribution is -2.18. The molecule has 6 heteroatoms. The molecule has 1 fully saturated rings. The Kier molecular flexibility index (Phi) is 4.89. The Balaban J connectivity index is 2.13. The van der Waals surface area contributed by atoms with Crippen LogP contribution < -0.4 is 5.32 Å². The summed E-state index contributed by atoms with van der Waals surface area (Å²) in [4.78, 5) is 14.0. The first kappa shape index (κ1) is 14.7. The van der Waals surface area contributed by atoms with Crippen LogP contribution in [-0.2, 0) is 4.79 Å². The SMILES string of the molecule is N#C/C(=C/N1CCCC1)C(=O)Nc1cccc(Cl)c1Cl. The van der Waals surface area contributed by atoms with Gasteiger partial charge in [0.15, 0.2) is 0 Å². The highest BCUT2D eigenvalue weighted by molar-refractivity contribution is 6.44. The van der Waals surface area contributed by atoms with Crippen LogP contribution in [0.25, 0.3) is 0 Å². The van der Waals surface area contributed by atoms with E-state index in [0.29, 0.717) is 10.7 Å². The van der Waals surface area contributed by atoms with E-state index < -0.39 is 5.91 Å². The molecule has 0 spiro atoms. The second-order valence-electron chi connectivity index (χ2n) is 4.45. The Morgan fingerprint density at radius 2 is 2.05 bits per heavy atom. The fourth-order valence-electron chi connectivity index (χ4n) is 1.98. The zero-order chi connectivity index (χ0) is 14.5. The fraction of sp³-hybridized carbons (Fsp3) is 0.286. The third kappa shape index (κ3) is 3.44. The van der Waals surface area contributed by atoms with Gasteiger partial charge >= 0.3 is 0 Å². The number of rotatable bonds is 3. The summed E-state index contributed by atoms with van der Waals surface area (Å²) in [5, 5.41) is 12.3. The van der Waals surface area contributed by atoms with Crippen molar-refractivity contribution in [3.63, 3.8) is 0 Å². The third-order valence-corrected chi connectivity index (χ3v) is 3.84. The van der Waals surface area contributed by atoms with E-state index in [1.807, 2.05) is 11.0 Å². The molecule has 0 unspecified atom stereocenters. The van der Waals surface area contributed by atoms with Crippen molar-refractivity contribution in [2.24, 2.45) is 0 Å². The molecule has 0 radical (unpaired) electrons. The molecule has 1 N–H and O–H groups in total. The third-order valence-electron chi connectivity index (χ3n) is 3.02. The van der Waals surface area contributed by atoms with Gasteiger partial charge in [0.25, 0.3) is 5.91 Å². The molecule has 1 aliphatic heterocycles. The minimum atomic E-state index is -0.483. The van der Waals surface area contributed by atoms with Crippen molar-refractivity contribution in [1.82, 2.24) is 4.90 Å². The molecule has 104 valence electrons. The van der Waals surface area contributed by atoms with Crippen LogP contribution in [0.15, 0.2) is 30.0 Å². The maximum Gasteiger partial charge on any atom is 0.267 e. The number of hydrogen-bond acceptors (Lipinski definition) is 3. The Bertz CT molecular complexity index is 587. The van der Waals surface area contributed by atoms with Gasteiger partial charge in [0, 0.05) is 19.3 Å². The number of benzene rings is 1. The summed E-state index contributed by atoms with van der Waals surface area (Å²) < 4.78 is 0. The lowest BCUT2D eigenvalue weighted by Gasteiger charge is -2.12. The van der Waals surface area contributed by atoms with Gasteiger partial charge in [-0.3, -0.25) is 4.79 Å². The van der Waals surface area contributed by atoms with Gasteiger partial charge in [0.1, 0.15) is 11.6 Å². The van der Waals surface area contributed by atoms with Crippen LogP contribution in [0.1, 0.15) is 12.8 Å². The molecule has 0 bridgehead atoms. The number of nitriles is 1. The molecule has 0 atom stereocenters. The highest BCUT2D eigenvalue weighted by Gasteiger charge is 2.15. The van der Waals surface area contributed by atoms with Crippen molar-refractivity contribution in [2.45, 2.75) is 12.8 Å². The fourth-order valence-corrected chi connectivity index (χ4v) is 2.33. The number of carbonyl (C=O) groups excluding carboxylic acids is 1. The summed E-state index contributed by atoms with van der Waals surface area (Å²) in [6, 6.07) is 6.86. The highest BCUT2D eigenvalue weighted by Crippen LogP contribution is 2.29. The Morgan fingerprint density at radius 3 is 2.70 bits per heavy atom. The second kappa shape index (κ2) is 6.65. The second-order valence-corrected chi connectivity index (χ2v) is 5.24. The van der Waals surface area contributed by atoms with Crippen molar-refractivity contribution in [1.29, 1.82) is 5.26 Å². The van der Waals surface area contributed by atoms with E-state index in [2.05, 4.69) is 5.32 Å². The number of anilines is 1. The van der Waals surface area contributed by atoms with Crippen molar-refractivity contribution >= 4 is 34.8 Å². The first-order chi connectivity index (χ1) is 9.61. The largest absolute Gasteiger partial charge is 0.376 e. The van der Waals surface area contributed by atoms with Crippen LogP contribution in [0.3, 0.4) is 0 Å². The van der Waals surface area contributed by atoms with Crippen molar-refractivity contribution in [3.8, 4) is 6.07 Å². The minimum absolute atomic E-state index is 0.0583. The quantitative estimate of drug-likeness (QED) is 0.687. The van der Waals surface area contributed by atoms with E-state index in [1.165, 1.54) is 0 Å². The van der Waals surface area contributed by atoms with Crippen molar-refractivity contribution < 1.29 is 4.79 Å². The van der Waals surface area contributed by atoms with Gasteiger partial charge < -0.3 is 10.2 Å². The molecule has 1 aromatic carbocycles. The first-order valence-electron chi connectivity index (χ1n) is 6.23. The molecule has 1 amide bonds. The highest BCUT2D eigenvalue weighted by atomic mass is 35.5. The molecule has 1 heterocycles. The normalized spacial score (nSPS) is 15.1. The Labute approximate surface area is 127 Å². The van der Waals surface area contributed by atoms with Crippen LogP contribution in [0.2, 0.25) is 10.0 Å². The van der Waals surface area contributed by atoms with Gasteiger partial charge in [-0.15, -0.1) is 0 Å². The standard InChI is InChI=1S/C14H13Cl2N3O/c15-11-4-3-5-12(13(11)16)18-14(20)10(8-17)9-19-6-1-2-7-19/h3-5,9H,1-2,6-7H2,(H,18,20)/b10-9-. The van der Waals surface area contributed by atoms with Gasteiger partial charge in [-0.1, -0.05) is 29.3 Å². The zero-order valence-electron chi connectivity index (χ0n) is 10.7. The molecule has 20 heavy (non-hydrogen) atoms. The predicted octanol–water partition coefficient (Wildman–Crippen LogP) is 3.44. The van der Waals surface area contributed by atoms with Crippen LogP contribution >= 0.6 is 23.2 Å². The molecule has 1 saturated heterocycles. The molecule has 0 aromatic heterocycles. The average molecular weight is 310 g/mol. The van der Waals surface area contributed by atoms with Gasteiger partial charge in [0.05, 0.1) is 15.7 Å². The summed E-state index contributed by atoms with van der Waals surface area (Å²) in [7, 11) is 0. The summed E-state index contributed by atoms with van der Waals surface area (Å²) in [5.74, 6) is -0.483. The minimum Gasteiger partial charge on any atom is -0.376 e. The molecule has 1 aliphatic rings. The molecule has 0 aliphatic carbocycles. The lowest BCUT2D eigenvalue weighted by molar-refractivity contribution is -0.112. The van der Waals surface area contributed by atoms with E-state index >= 15 is 0 Å². The molecular formula is C14H13Cl2N3O. The van der Waals surface area contributed by atoms with Crippen LogP contribution in [0.4, 0.5) is 5.69 Å². The Morgan fingerprint density at radius 1 is 1.35 bits per heavy atom. The molecular weight excluding hydrogens is 297 g/mol. The topological polar surface area (TPSA) is 56.1 Å². The first-order valence-corrected chi connectivity index (χ1v) is 6.98. The van der Waals surface area contributed by atoms with Gasteiger partial charge in [-0.25, -0.2) is 0 Å². The number of nitrogens with zero attached hydrogens (tertiary/aromatic N) is 2. The van der Waals surface area contributed by atoms with E-state index in [-0.39, 0.29) is 10.6 Å². The van der Waals surface area contributed by atoms with Crippen LogP contribution in [-0.4, -0.2) is 23.9 Å². The van der Waals surface area contributed by atoms with E-state index in [1.54, 1.807) is 24.4 Å². The smallest absolute Gasteiger partial charge is 0.267 e. The molecule has 2 rings (SSSR count). The van der Waals surface area contributed by atoms with Crippen molar-refractivity contribution in [3.05, 3.63) is 40.0 Å². The Hall–Kier alpha value is -1.70. The summed E-state index contributed by atoms with van der Waals surface area (Å²) in [6.45, 7) is 1.74. The summed E-state index contributed by atoms with van der Waals surface area (Å²) in [5.41, 5.74) is 0.453. The maximum atomic E-state index is 12.1. The molecule has 4 nitrogen and oxygen atoms in total. The number of hydrogen-bond donors (Lipinski definition) is 1. The molecule has 1 aromatic rings. The zero-order valence-corrected chi connectivity index (χ0v) is 12.2. The number of amides is 1. The monoisotopic (exact) mass is 309 g/mol. The van der Waals surface area contributed by atoms with Crippen LogP contribution in [0, 0.1) is 11.3 Å². The van der Waals surface area contributed by atoms with E-state index in [9.17, 15) is 4.79 Å². The average Bonchev–Trinajstić information content (AvgIpc) is 2.94. The maximum absolute atomic E-state index is 12.1. The van der Waals surface area contributed by atoms with Crippen LogP contribution in [0.5, 0.6) is 0 Å². The van der Waals surface area contributed by atoms with Gasteiger partial charge in [-0.05, 0) is 25.0 Å². The predicted molar refractivity (Wildman–Crippen MR) is 79.6 cm³/mol. The number of carbonyl (C=O) groups is 1. The van der Waals surface area contributed by atoms with Gasteiger partial charge in [0.2, 0.25) is 0 Å². The van der Waals surface area contributed by atoms with E-state index in [0.717, 1.165) is 25.9 Å². The van der Waals surface area contributed by atoms with Gasteiger partial charge in [-0.2, -0.15) is 5.26 Å². The lowest BCUT2D eigenvalue weighted by atomic mass is 10.2. The number of halogens is 2. The number of likely N-dealkylation sites (tertiary alicyclic amines) is 1. The number of nitrogens with one attached hydrogen (secondary N) is 1. The summed E-state index contributed by atoms with van der Waals surface area (Å²) in [6.07, 6.45) is 3.76. The molecule has 0 saturated carbocycles. The van der Waals surface area contributed by atoms with Crippen molar-refractivity contribution in [2.75, 3.05) is 18.4 Å².